The summed E-state index contributed by atoms with van der Waals surface area (Å²) < 4.78 is 0. The normalized spacial score (nSPS) is 18.1. The third-order valence-corrected chi connectivity index (χ3v) is 4.93. The van der Waals surface area contributed by atoms with Crippen LogP contribution in [0.3, 0.4) is 0 Å². The molecule has 2 aliphatic rings. The molecule has 1 saturated carbocycles. The lowest BCUT2D eigenvalue weighted by Gasteiger charge is -2.36. The Balaban J connectivity index is 1.35. The average molecular weight is 336 g/mol. The van der Waals surface area contributed by atoms with Gasteiger partial charge in [0.25, 0.3) is 0 Å². The van der Waals surface area contributed by atoms with Crippen LogP contribution in [0.2, 0.25) is 0 Å². The monoisotopic (exact) mass is 336 g/mol. The first-order valence-electron chi connectivity index (χ1n) is 8.77. The van der Waals surface area contributed by atoms with Crippen molar-refractivity contribution in [2.45, 2.75) is 25.7 Å². The third kappa shape index (κ3) is 2.67. The van der Waals surface area contributed by atoms with Gasteiger partial charge < -0.3 is 9.80 Å². The highest BCUT2D eigenvalue weighted by molar-refractivity contribution is 5.86. The molecule has 8 nitrogen and oxygen atoms in total. The number of nitrogens with zero attached hydrogens (tertiary/aromatic N) is 7. The average Bonchev–Trinajstić information content (AvgIpc) is 3.38. The molecular weight excluding hydrogens is 316 g/mol. The number of anilines is 2. The fraction of sp³-hybridized carbons (Fsp3) is 0.471. The van der Waals surface area contributed by atoms with E-state index in [2.05, 4.69) is 47.9 Å². The van der Waals surface area contributed by atoms with E-state index in [1.165, 1.54) is 12.8 Å². The van der Waals surface area contributed by atoms with Gasteiger partial charge in [-0.1, -0.05) is 0 Å². The second-order valence-corrected chi connectivity index (χ2v) is 6.80. The van der Waals surface area contributed by atoms with Crippen LogP contribution >= 0.6 is 0 Å². The van der Waals surface area contributed by atoms with E-state index >= 15 is 0 Å². The minimum absolute atomic E-state index is 0.579. The number of H-pyrrole nitrogens is 1. The molecule has 5 rings (SSSR count). The molecule has 25 heavy (non-hydrogen) atoms. The molecule has 0 aromatic carbocycles. The molecule has 2 fully saturated rings. The summed E-state index contributed by atoms with van der Waals surface area (Å²) in [5, 5.41) is 7.96. The van der Waals surface area contributed by atoms with Gasteiger partial charge >= 0.3 is 0 Å². The van der Waals surface area contributed by atoms with Gasteiger partial charge in [-0.15, -0.1) is 0 Å². The number of hydrogen-bond donors (Lipinski definition) is 1. The van der Waals surface area contributed by atoms with Gasteiger partial charge in [-0.3, -0.25) is 5.10 Å². The predicted molar refractivity (Wildman–Crippen MR) is 94.9 cm³/mol. The second kappa shape index (κ2) is 5.65. The van der Waals surface area contributed by atoms with Gasteiger partial charge in [-0.05, 0) is 19.8 Å². The number of rotatable bonds is 3. The summed E-state index contributed by atoms with van der Waals surface area (Å²) in [6.45, 7) is 5.70. The van der Waals surface area contributed by atoms with Gasteiger partial charge in [0, 0.05) is 43.9 Å². The highest BCUT2D eigenvalue weighted by atomic mass is 15.3. The van der Waals surface area contributed by atoms with Crippen molar-refractivity contribution in [1.82, 2.24) is 30.1 Å². The van der Waals surface area contributed by atoms with Crippen LogP contribution in [0.1, 0.15) is 30.3 Å². The largest absolute Gasteiger partial charge is 0.353 e. The van der Waals surface area contributed by atoms with Crippen LogP contribution in [-0.2, 0) is 0 Å². The van der Waals surface area contributed by atoms with E-state index in [1.807, 2.05) is 0 Å². The summed E-state index contributed by atoms with van der Waals surface area (Å²) in [7, 11) is 0. The minimum atomic E-state index is 0.579. The Morgan fingerprint density at radius 3 is 2.64 bits per heavy atom. The van der Waals surface area contributed by atoms with Gasteiger partial charge in [0.1, 0.15) is 23.8 Å². The Morgan fingerprint density at radius 1 is 1.04 bits per heavy atom. The smallest absolute Gasteiger partial charge is 0.160 e. The van der Waals surface area contributed by atoms with Crippen molar-refractivity contribution in [3.8, 4) is 0 Å². The van der Waals surface area contributed by atoms with E-state index in [1.54, 1.807) is 12.5 Å². The number of fused-ring (bicyclic) bond motifs is 1. The summed E-state index contributed by atoms with van der Waals surface area (Å²) in [6.07, 6.45) is 5.85. The molecule has 128 valence electrons. The zero-order valence-electron chi connectivity index (χ0n) is 14.2. The molecule has 0 spiro atoms. The zero-order valence-corrected chi connectivity index (χ0v) is 14.2. The summed E-state index contributed by atoms with van der Waals surface area (Å²) in [5.74, 6) is 3.62. The maximum atomic E-state index is 4.81. The predicted octanol–water partition coefficient (Wildman–Crippen LogP) is 1.66. The maximum Gasteiger partial charge on any atom is 0.160 e. The fourth-order valence-corrected chi connectivity index (χ4v) is 3.41. The molecule has 3 aromatic heterocycles. The zero-order chi connectivity index (χ0) is 16.8. The van der Waals surface area contributed by atoms with Crippen molar-refractivity contribution < 1.29 is 0 Å². The number of aromatic nitrogens is 6. The molecule has 0 radical (unpaired) electrons. The molecule has 1 aliphatic carbocycles. The molecular formula is C17H20N8. The SMILES string of the molecule is Cc1cc(N2CCN(c3ncnc4[nH]ncc34)CC2)nc(C2CC2)n1. The molecule has 0 bridgehead atoms. The fourth-order valence-electron chi connectivity index (χ4n) is 3.41. The third-order valence-electron chi connectivity index (χ3n) is 4.93. The molecule has 0 amide bonds. The number of aromatic amines is 1. The maximum absolute atomic E-state index is 4.81. The summed E-state index contributed by atoms with van der Waals surface area (Å²) in [4.78, 5) is 22.8. The first kappa shape index (κ1) is 14.6. The summed E-state index contributed by atoms with van der Waals surface area (Å²) in [5.41, 5.74) is 1.85. The highest BCUT2D eigenvalue weighted by Crippen LogP contribution is 2.38. The molecule has 0 unspecified atom stereocenters. The molecule has 8 heteroatoms. The van der Waals surface area contributed by atoms with Crippen LogP contribution in [0.15, 0.2) is 18.6 Å². The Labute approximate surface area is 145 Å². The van der Waals surface area contributed by atoms with Crippen molar-refractivity contribution >= 4 is 22.7 Å². The Hall–Kier alpha value is -2.77. The second-order valence-electron chi connectivity index (χ2n) is 6.80. The first-order valence-corrected chi connectivity index (χ1v) is 8.77. The van der Waals surface area contributed by atoms with Crippen LogP contribution in [-0.4, -0.2) is 56.3 Å². The lowest BCUT2D eigenvalue weighted by atomic mass is 10.2. The Morgan fingerprint density at radius 2 is 1.84 bits per heavy atom. The molecule has 1 saturated heterocycles. The molecule has 1 N–H and O–H groups in total. The minimum Gasteiger partial charge on any atom is -0.353 e. The van der Waals surface area contributed by atoms with Gasteiger partial charge in [0.05, 0.1) is 11.6 Å². The van der Waals surface area contributed by atoms with E-state index in [0.717, 1.165) is 60.4 Å². The Kier molecular flexibility index (Phi) is 3.29. The summed E-state index contributed by atoms with van der Waals surface area (Å²) >= 11 is 0. The summed E-state index contributed by atoms with van der Waals surface area (Å²) in [6, 6.07) is 2.10. The van der Waals surface area contributed by atoms with Crippen LogP contribution in [0.4, 0.5) is 11.6 Å². The van der Waals surface area contributed by atoms with Crippen molar-refractivity contribution in [3.63, 3.8) is 0 Å². The highest BCUT2D eigenvalue weighted by Gasteiger charge is 2.28. The number of hydrogen-bond acceptors (Lipinski definition) is 7. The van der Waals surface area contributed by atoms with E-state index in [4.69, 9.17) is 4.98 Å². The van der Waals surface area contributed by atoms with Gasteiger partial charge in [-0.2, -0.15) is 5.10 Å². The lowest BCUT2D eigenvalue weighted by molar-refractivity contribution is 0.640. The van der Waals surface area contributed by atoms with E-state index in [-0.39, 0.29) is 0 Å². The van der Waals surface area contributed by atoms with Crippen molar-refractivity contribution in [2.75, 3.05) is 36.0 Å². The molecule has 4 heterocycles. The van der Waals surface area contributed by atoms with E-state index < -0.39 is 0 Å². The standard InChI is InChI=1S/C17H20N8/c1-11-8-14(22-15(21-11)12-2-3-12)24-4-6-25(7-5-24)17-13-9-20-23-16(13)18-10-19-17/h8-10,12H,2-7H2,1H3,(H,18,19,20,23). The van der Waals surface area contributed by atoms with Gasteiger partial charge in [-0.25, -0.2) is 19.9 Å². The van der Waals surface area contributed by atoms with E-state index in [9.17, 15) is 0 Å². The van der Waals surface area contributed by atoms with Crippen LogP contribution in [0.5, 0.6) is 0 Å². The van der Waals surface area contributed by atoms with Crippen molar-refractivity contribution in [1.29, 1.82) is 0 Å². The molecule has 3 aromatic rings. The number of nitrogens with one attached hydrogen (secondary N) is 1. The molecule has 1 aliphatic heterocycles. The molecule has 0 atom stereocenters. The van der Waals surface area contributed by atoms with Crippen LogP contribution in [0, 0.1) is 6.92 Å². The number of aryl methyl sites for hydroxylation is 1. The number of piperazine rings is 1. The van der Waals surface area contributed by atoms with Crippen molar-refractivity contribution in [3.05, 3.63) is 30.1 Å². The van der Waals surface area contributed by atoms with Gasteiger partial charge in [0.15, 0.2) is 5.65 Å². The van der Waals surface area contributed by atoms with Crippen LogP contribution in [0.25, 0.3) is 11.0 Å². The Bertz CT molecular complexity index is 908. The topological polar surface area (TPSA) is 86.7 Å². The first-order chi connectivity index (χ1) is 12.3. The van der Waals surface area contributed by atoms with Crippen molar-refractivity contribution in [2.24, 2.45) is 0 Å². The lowest BCUT2D eigenvalue weighted by Crippen LogP contribution is -2.47. The van der Waals surface area contributed by atoms with E-state index in [0.29, 0.717) is 5.92 Å². The quantitative estimate of drug-likeness (QED) is 0.778. The van der Waals surface area contributed by atoms with Gasteiger partial charge in [0.2, 0.25) is 0 Å². The van der Waals surface area contributed by atoms with Crippen LogP contribution < -0.4 is 9.80 Å².